The number of hydrogen-bond acceptors (Lipinski definition) is 3. The Balaban J connectivity index is 1.51. The van der Waals surface area contributed by atoms with E-state index in [1.165, 1.54) is 24.3 Å². The number of benzene rings is 3. The van der Waals surface area contributed by atoms with Gasteiger partial charge < -0.3 is 15.2 Å². The summed E-state index contributed by atoms with van der Waals surface area (Å²) in [6.45, 7) is 0. The fourth-order valence-electron chi connectivity index (χ4n) is 4.94. The topological polar surface area (TPSA) is 75.6 Å². The van der Waals surface area contributed by atoms with Crippen LogP contribution >= 0.6 is 0 Å². The first-order chi connectivity index (χ1) is 18.1. The van der Waals surface area contributed by atoms with E-state index in [-0.39, 0.29) is 11.7 Å². The zero-order valence-corrected chi connectivity index (χ0v) is 20.6. The molecule has 3 aromatic carbocycles. The van der Waals surface area contributed by atoms with Gasteiger partial charge in [0.1, 0.15) is 5.75 Å². The number of amides is 1. The van der Waals surface area contributed by atoms with Gasteiger partial charge in [0.2, 0.25) is 5.91 Å². The molecule has 4 rings (SSSR count). The molecule has 3 aromatic rings. The molecule has 2 N–H and O–H groups in total. The maximum Gasteiger partial charge on any atom is 0.573 e. The maximum absolute atomic E-state index is 13.6. The molecule has 1 amide bonds. The quantitative estimate of drug-likeness (QED) is 0.300. The summed E-state index contributed by atoms with van der Waals surface area (Å²) in [6.07, 6.45) is 2.75. The molecule has 0 aliphatic heterocycles. The predicted molar refractivity (Wildman–Crippen MR) is 140 cm³/mol. The number of rotatable bonds is 8. The molecule has 0 radical (unpaired) electrons. The van der Waals surface area contributed by atoms with E-state index >= 15 is 0 Å². The second kappa shape index (κ2) is 11.5. The lowest BCUT2D eigenvalue weighted by atomic mass is 9.69. The van der Waals surface area contributed by atoms with Crippen molar-refractivity contribution in [1.82, 2.24) is 0 Å². The van der Waals surface area contributed by atoms with Gasteiger partial charge in [0.15, 0.2) is 0 Å². The highest BCUT2D eigenvalue weighted by atomic mass is 19.4. The van der Waals surface area contributed by atoms with E-state index in [2.05, 4.69) is 10.1 Å². The first-order valence-corrected chi connectivity index (χ1v) is 12.4. The summed E-state index contributed by atoms with van der Waals surface area (Å²) in [5.74, 6) is -1.40. The van der Waals surface area contributed by atoms with Gasteiger partial charge in [-0.3, -0.25) is 4.79 Å². The van der Waals surface area contributed by atoms with Crippen LogP contribution in [0.3, 0.4) is 0 Å². The molecule has 8 heteroatoms. The average molecular weight is 524 g/mol. The molecule has 1 aliphatic rings. The molecule has 5 nitrogen and oxygen atoms in total. The van der Waals surface area contributed by atoms with Crippen molar-refractivity contribution in [2.75, 3.05) is 5.32 Å². The SMILES string of the molecule is O=C(O)/C=C/c1cccc(NC(=O)C2(Cc3ccc(-c4cccc(OC(F)(F)F)c4)cc3)CCCCC2)c1. The van der Waals surface area contributed by atoms with Crippen LogP contribution in [-0.2, 0) is 16.0 Å². The third kappa shape index (κ3) is 7.25. The van der Waals surface area contributed by atoms with Crippen LogP contribution in [0.25, 0.3) is 17.2 Å². The Bertz CT molecular complexity index is 1310. The largest absolute Gasteiger partial charge is 0.573 e. The molecule has 1 saturated carbocycles. The molecule has 0 heterocycles. The van der Waals surface area contributed by atoms with Crippen molar-refractivity contribution in [3.63, 3.8) is 0 Å². The Morgan fingerprint density at radius 3 is 2.32 bits per heavy atom. The van der Waals surface area contributed by atoms with Crippen molar-refractivity contribution in [3.8, 4) is 16.9 Å². The third-order valence-corrected chi connectivity index (χ3v) is 6.75. The van der Waals surface area contributed by atoms with Crippen molar-refractivity contribution in [2.45, 2.75) is 44.9 Å². The van der Waals surface area contributed by atoms with Crippen molar-refractivity contribution in [3.05, 3.63) is 90.0 Å². The zero-order valence-electron chi connectivity index (χ0n) is 20.6. The zero-order chi connectivity index (χ0) is 27.2. The van der Waals surface area contributed by atoms with Crippen LogP contribution in [-0.4, -0.2) is 23.3 Å². The Kier molecular flexibility index (Phi) is 8.20. The third-order valence-electron chi connectivity index (χ3n) is 6.75. The lowest BCUT2D eigenvalue weighted by Gasteiger charge is -2.36. The number of hydrogen-bond donors (Lipinski definition) is 2. The van der Waals surface area contributed by atoms with E-state index in [9.17, 15) is 22.8 Å². The molecule has 1 fully saturated rings. The lowest BCUT2D eigenvalue weighted by molar-refractivity contribution is -0.274. The minimum Gasteiger partial charge on any atom is -0.478 e. The Morgan fingerprint density at radius 2 is 1.63 bits per heavy atom. The van der Waals surface area contributed by atoms with Gasteiger partial charge in [0, 0.05) is 11.8 Å². The van der Waals surface area contributed by atoms with Gasteiger partial charge in [-0.05, 0) is 71.9 Å². The number of halogens is 3. The van der Waals surface area contributed by atoms with Crippen molar-refractivity contribution in [2.24, 2.45) is 5.41 Å². The highest BCUT2D eigenvalue weighted by Crippen LogP contribution is 2.41. The minimum absolute atomic E-state index is 0.0716. The number of carbonyl (C=O) groups is 2. The highest BCUT2D eigenvalue weighted by Gasteiger charge is 2.39. The molecule has 1 aliphatic carbocycles. The lowest BCUT2D eigenvalue weighted by Crippen LogP contribution is -2.40. The summed E-state index contributed by atoms with van der Waals surface area (Å²) in [5.41, 5.74) is 2.99. The van der Waals surface area contributed by atoms with Crippen LogP contribution in [0.5, 0.6) is 5.75 Å². The van der Waals surface area contributed by atoms with Gasteiger partial charge in [0.25, 0.3) is 0 Å². The Morgan fingerprint density at radius 1 is 0.921 bits per heavy atom. The van der Waals surface area contributed by atoms with Gasteiger partial charge in [0.05, 0.1) is 5.41 Å². The van der Waals surface area contributed by atoms with Crippen LogP contribution < -0.4 is 10.1 Å². The number of carbonyl (C=O) groups excluding carboxylic acids is 1. The van der Waals surface area contributed by atoms with Gasteiger partial charge in [-0.2, -0.15) is 0 Å². The summed E-state index contributed by atoms with van der Waals surface area (Å²) in [4.78, 5) is 24.4. The first kappa shape index (κ1) is 27.0. The van der Waals surface area contributed by atoms with Crippen LogP contribution in [0.2, 0.25) is 0 Å². The second-order valence-electron chi connectivity index (χ2n) is 9.54. The standard InChI is InChI=1S/C30H28F3NO4/c31-30(32,33)38-26-9-5-7-24(19-26)23-13-10-22(11-14-23)20-29(16-2-1-3-17-29)28(37)34-25-8-4-6-21(18-25)12-15-27(35)36/h4-15,18-19H,1-3,16-17,20H2,(H,34,37)(H,35,36)/b15-12+. The van der Waals surface area contributed by atoms with Gasteiger partial charge in [-0.1, -0.05) is 67.8 Å². The smallest absolute Gasteiger partial charge is 0.478 e. The molecule has 0 aromatic heterocycles. The van der Waals surface area contributed by atoms with E-state index in [0.717, 1.165) is 49.3 Å². The molecule has 0 spiro atoms. The van der Waals surface area contributed by atoms with E-state index in [4.69, 9.17) is 5.11 Å². The van der Waals surface area contributed by atoms with Crippen molar-refractivity contribution in [1.29, 1.82) is 0 Å². The average Bonchev–Trinajstić information content (AvgIpc) is 2.88. The summed E-state index contributed by atoms with van der Waals surface area (Å²) in [7, 11) is 0. The minimum atomic E-state index is -4.76. The summed E-state index contributed by atoms with van der Waals surface area (Å²) in [6, 6.07) is 20.4. The number of alkyl halides is 3. The number of nitrogens with one attached hydrogen (secondary N) is 1. The first-order valence-electron chi connectivity index (χ1n) is 12.4. The fourth-order valence-corrected chi connectivity index (χ4v) is 4.94. The number of carboxylic acid groups (broad SMARTS) is 1. The van der Waals surface area contributed by atoms with E-state index in [0.29, 0.717) is 23.2 Å². The molecular weight excluding hydrogens is 495 g/mol. The molecule has 198 valence electrons. The summed E-state index contributed by atoms with van der Waals surface area (Å²) < 4.78 is 41.8. The maximum atomic E-state index is 13.6. The van der Waals surface area contributed by atoms with E-state index in [1.54, 1.807) is 30.3 Å². The summed E-state index contributed by atoms with van der Waals surface area (Å²) >= 11 is 0. The second-order valence-corrected chi connectivity index (χ2v) is 9.54. The molecule has 0 bridgehead atoms. The van der Waals surface area contributed by atoms with E-state index < -0.39 is 17.7 Å². The van der Waals surface area contributed by atoms with Crippen LogP contribution in [0, 0.1) is 5.41 Å². The molecular formula is C30H28F3NO4. The van der Waals surface area contributed by atoms with Crippen molar-refractivity contribution < 1.29 is 32.6 Å². The fraction of sp³-hybridized carbons (Fsp3) is 0.267. The van der Waals surface area contributed by atoms with E-state index in [1.807, 2.05) is 24.3 Å². The van der Waals surface area contributed by atoms with Crippen LogP contribution in [0.1, 0.15) is 43.2 Å². The molecule has 0 unspecified atom stereocenters. The Labute approximate surface area is 219 Å². The van der Waals surface area contributed by atoms with Crippen LogP contribution in [0.15, 0.2) is 78.9 Å². The monoisotopic (exact) mass is 523 g/mol. The normalized spacial score (nSPS) is 15.2. The van der Waals surface area contributed by atoms with Crippen molar-refractivity contribution >= 4 is 23.6 Å². The predicted octanol–water partition coefficient (Wildman–Crippen LogP) is 7.48. The molecule has 38 heavy (non-hydrogen) atoms. The van der Waals surface area contributed by atoms with Gasteiger partial charge in [-0.15, -0.1) is 13.2 Å². The number of anilines is 1. The van der Waals surface area contributed by atoms with Crippen LogP contribution in [0.4, 0.5) is 18.9 Å². The number of carboxylic acids is 1. The molecule has 0 atom stereocenters. The number of ether oxygens (including phenoxy) is 1. The van der Waals surface area contributed by atoms with Gasteiger partial charge >= 0.3 is 12.3 Å². The highest BCUT2D eigenvalue weighted by molar-refractivity contribution is 5.96. The molecule has 0 saturated heterocycles. The van der Waals surface area contributed by atoms with Gasteiger partial charge in [-0.25, -0.2) is 4.79 Å². The number of aliphatic carboxylic acids is 1. The summed E-state index contributed by atoms with van der Waals surface area (Å²) in [5, 5.41) is 11.9. The Hall–Kier alpha value is -4.07.